The van der Waals surface area contributed by atoms with Crippen molar-refractivity contribution in [2.24, 2.45) is 5.92 Å². The SMILES string of the molecule is CC(=O)Oc1cccc(C(=O)N2CCC(CNC(=O)c3ccc4c(c3)OCO4)CC2)c1. The van der Waals surface area contributed by atoms with Gasteiger partial charge in [-0.1, -0.05) is 6.07 Å². The maximum absolute atomic E-state index is 12.8. The molecular weight excluding hydrogens is 400 g/mol. The lowest BCUT2D eigenvalue weighted by Crippen LogP contribution is -2.41. The van der Waals surface area contributed by atoms with Crippen molar-refractivity contribution >= 4 is 17.8 Å². The smallest absolute Gasteiger partial charge is 0.308 e. The summed E-state index contributed by atoms with van der Waals surface area (Å²) < 4.78 is 15.6. The monoisotopic (exact) mass is 424 g/mol. The van der Waals surface area contributed by atoms with E-state index in [0.29, 0.717) is 53.9 Å². The highest BCUT2D eigenvalue weighted by atomic mass is 16.7. The van der Waals surface area contributed by atoms with Gasteiger partial charge in [-0.05, 0) is 55.2 Å². The highest BCUT2D eigenvalue weighted by Gasteiger charge is 2.25. The van der Waals surface area contributed by atoms with Gasteiger partial charge in [-0.2, -0.15) is 0 Å². The molecule has 0 atom stereocenters. The van der Waals surface area contributed by atoms with Crippen LogP contribution in [-0.2, 0) is 4.79 Å². The second kappa shape index (κ2) is 9.07. The summed E-state index contributed by atoms with van der Waals surface area (Å²) in [6, 6.07) is 11.8. The van der Waals surface area contributed by atoms with Gasteiger partial charge in [0.25, 0.3) is 11.8 Å². The highest BCUT2D eigenvalue weighted by Crippen LogP contribution is 2.32. The first-order chi connectivity index (χ1) is 15.0. The van der Waals surface area contributed by atoms with E-state index in [-0.39, 0.29) is 18.6 Å². The number of piperidine rings is 1. The van der Waals surface area contributed by atoms with Gasteiger partial charge in [0.15, 0.2) is 11.5 Å². The maximum atomic E-state index is 12.8. The van der Waals surface area contributed by atoms with Crippen LogP contribution in [0.4, 0.5) is 0 Å². The molecule has 4 rings (SSSR count). The Morgan fingerprint density at radius 3 is 2.58 bits per heavy atom. The summed E-state index contributed by atoms with van der Waals surface area (Å²) in [5, 5.41) is 2.97. The number of fused-ring (bicyclic) bond motifs is 1. The van der Waals surface area contributed by atoms with E-state index in [1.165, 1.54) is 6.92 Å². The number of esters is 1. The molecule has 8 heteroatoms. The van der Waals surface area contributed by atoms with Gasteiger partial charge in [0.05, 0.1) is 0 Å². The van der Waals surface area contributed by atoms with Crippen LogP contribution in [0.1, 0.15) is 40.5 Å². The number of likely N-dealkylation sites (tertiary alicyclic amines) is 1. The summed E-state index contributed by atoms with van der Waals surface area (Å²) in [6.45, 7) is 3.27. The van der Waals surface area contributed by atoms with Gasteiger partial charge in [-0.3, -0.25) is 14.4 Å². The molecule has 0 aliphatic carbocycles. The maximum Gasteiger partial charge on any atom is 0.308 e. The minimum Gasteiger partial charge on any atom is -0.454 e. The fourth-order valence-corrected chi connectivity index (χ4v) is 3.76. The van der Waals surface area contributed by atoms with E-state index >= 15 is 0 Å². The number of hydrogen-bond acceptors (Lipinski definition) is 6. The van der Waals surface area contributed by atoms with Crippen molar-refractivity contribution in [2.45, 2.75) is 19.8 Å². The molecule has 2 aliphatic rings. The average Bonchev–Trinajstić information content (AvgIpc) is 3.25. The molecule has 162 valence electrons. The Kier molecular flexibility index (Phi) is 6.06. The first-order valence-electron chi connectivity index (χ1n) is 10.2. The topological polar surface area (TPSA) is 94.2 Å². The van der Waals surface area contributed by atoms with Crippen molar-refractivity contribution < 1.29 is 28.6 Å². The Balaban J connectivity index is 1.26. The van der Waals surface area contributed by atoms with Gasteiger partial charge in [-0.25, -0.2) is 0 Å². The van der Waals surface area contributed by atoms with Crippen molar-refractivity contribution in [2.75, 3.05) is 26.4 Å². The Morgan fingerprint density at radius 1 is 1.03 bits per heavy atom. The Morgan fingerprint density at radius 2 is 1.81 bits per heavy atom. The molecular formula is C23H24N2O6. The Labute approximate surface area is 180 Å². The number of ether oxygens (including phenoxy) is 3. The van der Waals surface area contributed by atoms with Crippen LogP contribution >= 0.6 is 0 Å². The number of nitrogens with zero attached hydrogens (tertiary/aromatic N) is 1. The van der Waals surface area contributed by atoms with E-state index in [1.807, 2.05) is 0 Å². The third-order valence-electron chi connectivity index (χ3n) is 5.43. The van der Waals surface area contributed by atoms with Crippen LogP contribution in [-0.4, -0.2) is 49.1 Å². The van der Waals surface area contributed by atoms with Crippen molar-refractivity contribution in [1.82, 2.24) is 10.2 Å². The third kappa shape index (κ3) is 4.96. The van der Waals surface area contributed by atoms with Gasteiger partial charge in [-0.15, -0.1) is 0 Å². The van der Waals surface area contributed by atoms with Crippen LogP contribution in [0, 0.1) is 5.92 Å². The number of rotatable bonds is 5. The molecule has 0 unspecified atom stereocenters. The first kappa shape index (κ1) is 20.7. The zero-order valence-electron chi connectivity index (χ0n) is 17.3. The summed E-state index contributed by atoms with van der Waals surface area (Å²) in [6.07, 6.45) is 1.60. The largest absolute Gasteiger partial charge is 0.454 e. The van der Waals surface area contributed by atoms with Gasteiger partial charge in [0.1, 0.15) is 5.75 Å². The number of carbonyl (C=O) groups excluding carboxylic acids is 3. The zero-order valence-corrected chi connectivity index (χ0v) is 17.3. The molecule has 2 aliphatic heterocycles. The molecule has 0 bridgehead atoms. The number of benzene rings is 2. The molecule has 2 amide bonds. The molecule has 1 N–H and O–H groups in total. The molecule has 31 heavy (non-hydrogen) atoms. The van der Waals surface area contributed by atoms with Crippen molar-refractivity contribution in [1.29, 1.82) is 0 Å². The molecule has 2 aromatic carbocycles. The van der Waals surface area contributed by atoms with Crippen molar-refractivity contribution in [3.8, 4) is 17.2 Å². The van der Waals surface area contributed by atoms with Gasteiger partial charge < -0.3 is 24.4 Å². The van der Waals surface area contributed by atoms with E-state index < -0.39 is 5.97 Å². The summed E-state index contributed by atoms with van der Waals surface area (Å²) >= 11 is 0. The minimum absolute atomic E-state index is 0.0863. The number of nitrogens with one attached hydrogen (secondary N) is 1. The highest BCUT2D eigenvalue weighted by molar-refractivity contribution is 5.95. The summed E-state index contributed by atoms with van der Waals surface area (Å²) in [4.78, 5) is 38.1. The lowest BCUT2D eigenvalue weighted by molar-refractivity contribution is -0.131. The molecule has 2 aromatic rings. The van der Waals surface area contributed by atoms with E-state index in [2.05, 4.69) is 5.32 Å². The van der Waals surface area contributed by atoms with Crippen LogP contribution in [0.2, 0.25) is 0 Å². The van der Waals surface area contributed by atoms with Crippen LogP contribution in [0.25, 0.3) is 0 Å². The number of hydrogen-bond donors (Lipinski definition) is 1. The summed E-state index contributed by atoms with van der Waals surface area (Å²) in [7, 11) is 0. The fraction of sp³-hybridized carbons (Fsp3) is 0.348. The van der Waals surface area contributed by atoms with Crippen LogP contribution in [0.3, 0.4) is 0 Å². The summed E-state index contributed by atoms with van der Waals surface area (Å²) in [5.74, 6) is 1.22. The molecule has 0 spiro atoms. The molecule has 0 saturated carbocycles. The molecule has 8 nitrogen and oxygen atoms in total. The molecule has 1 saturated heterocycles. The van der Waals surface area contributed by atoms with Gasteiger partial charge in [0.2, 0.25) is 6.79 Å². The average molecular weight is 424 g/mol. The fourth-order valence-electron chi connectivity index (χ4n) is 3.76. The lowest BCUT2D eigenvalue weighted by Gasteiger charge is -2.32. The predicted molar refractivity (Wildman–Crippen MR) is 111 cm³/mol. The van der Waals surface area contributed by atoms with E-state index in [1.54, 1.807) is 47.4 Å². The van der Waals surface area contributed by atoms with Gasteiger partial charge in [0, 0.05) is 37.7 Å². The van der Waals surface area contributed by atoms with E-state index in [9.17, 15) is 14.4 Å². The first-order valence-corrected chi connectivity index (χ1v) is 10.2. The van der Waals surface area contributed by atoms with E-state index in [0.717, 1.165) is 12.8 Å². The second-order valence-electron chi connectivity index (χ2n) is 7.64. The molecule has 0 radical (unpaired) electrons. The van der Waals surface area contributed by atoms with E-state index in [4.69, 9.17) is 14.2 Å². The third-order valence-corrected chi connectivity index (χ3v) is 5.43. The predicted octanol–water partition coefficient (Wildman–Crippen LogP) is 2.62. The molecule has 0 aromatic heterocycles. The molecule has 2 heterocycles. The lowest BCUT2D eigenvalue weighted by atomic mass is 9.96. The quantitative estimate of drug-likeness (QED) is 0.586. The number of carbonyl (C=O) groups is 3. The second-order valence-corrected chi connectivity index (χ2v) is 7.64. The Bertz CT molecular complexity index is 997. The Hall–Kier alpha value is -3.55. The molecule has 1 fully saturated rings. The minimum atomic E-state index is -0.423. The van der Waals surface area contributed by atoms with Crippen molar-refractivity contribution in [3.05, 3.63) is 53.6 Å². The van der Waals surface area contributed by atoms with Crippen molar-refractivity contribution in [3.63, 3.8) is 0 Å². The van der Waals surface area contributed by atoms with Gasteiger partial charge >= 0.3 is 5.97 Å². The van der Waals surface area contributed by atoms with Crippen LogP contribution in [0.5, 0.6) is 17.2 Å². The number of amides is 2. The standard InChI is InChI=1S/C23H24N2O6/c1-15(26)31-19-4-2-3-18(11-19)23(28)25-9-7-16(8-10-25)13-24-22(27)17-5-6-20-21(12-17)30-14-29-20/h2-6,11-12,16H,7-10,13-14H2,1H3,(H,24,27). The zero-order chi connectivity index (χ0) is 21.8. The summed E-state index contributed by atoms with van der Waals surface area (Å²) in [5.41, 5.74) is 1.03. The van der Waals surface area contributed by atoms with Crippen LogP contribution in [0.15, 0.2) is 42.5 Å². The normalized spacial score (nSPS) is 15.5. The van der Waals surface area contributed by atoms with Crippen LogP contribution < -0.4 is 19.5 Å².